The number of imidazole rings is 1. The first kappa shape index (κ1) is 21.1. The van der Waals surface area contributed by atoms with Crippen molar-refractivity contribution in [2.75, 3.05) is 25.1 Å². The van der Waals surface area contributed by atoms with E-state index in [1.54, 1.807) is 19.2 Å². The fourth-order valence-corrected chi connectivity index (χ4v) is 3.97. The van der Waals surface area contributed by atoms with Crippen LogP contribution in [0.3, 0.4) is 0 Å². The quantitative estimate of drug-likeness (QED) is 0.524. The number of nitrogens with zero attached hydrogens (tertiary/aromatic N) is 3. The second kappa shape index (κ2) is 8.56. The maximum absolute atomic E-state index is 12.6. The zero-order valence-corrected chi connectivity index (χ0v) is 17.8. The predicted molar refractivity (Wildman–Crippen MR) is 113 cm³/mol. The largest absolute Gasteiger partial charge is 0.478 e. The first-order chi connectivity index (χ1) is 14.9. The molecule has 1 aliphatic heterocycles. The molecule has 0 radical (unpaired) electrons. The Labute approximate surface area is 182 Å². The van der Waals surface area contributed by atoms with Crippen LogP contribution in [0, 0.1) is 0 Å². The molecule has 0 unspecified atom stereocenters. The molecule has 3 aromatic rings. The van der Waals surface area contributed by atoms with E-state index >= 15 is 0 Å². The Morgan fingerprint density at radius 2 is 2.23 bits per heavy atom. The Morgan fingerprint density at radius 3 is 2.90 bits per heavy atom. The minimum absolute atomic E-state index is 0.0604. The van der Waals surface area contributed by atoms with Crippen molar-refractivity contribution >= 4 is 40.6 Å². The summed E-state index contributed by atoms with van der Waals surface area (Å²) in [4.78, 5) is 37.4. The van der Waals surface area contributed by atoms with E-state index in [0.29, 0.717) is 48.3 Å². The van der Waals surface area contributed by atoms with Crippen LogP contribution in [0.5, 0.6) is 0 Å². The molecule has 2 aromatic heterocycles. The van der Waals surface area contributed by atoms with Gasteiger partial charge in [-0.25, -0.2) is 9.78 Å². The van der Waals surface area contributed by atoms with E-state index < -0.39 is 5.97 Å². The average molecular weight is 448 g/mol. The summed E-state index contributed by atoms with van der Waals surface area (Å²) in [6, 6.07) is 4.88. The highest BCUT2D eigenvalue weighted by molar-refractivity contribution is 6.30. The topological polar surface area (TPSA) is 134 Å². The van der Waals surface area contributed by atoms with Crippen LogP contribution in [0.1, 0.15) is 40.0 Å². The van der Waals surface area contributed by atoms with Gasteiger partial charge in [-0.15, -0.1) is 0 Å². The molecule has 2 atom stereocenters. The molecule has 1 fully saturated rings. The Bertz CT molecular complexity index is 1130. The number of aromatic carboxylic acids is 1. The lowest BCUT2D eigenvalue weighted by Crippen LogP contribution is -2.55. The van der Waals surface area contributed by atoms with E-state index in [4.69, 9.17) is 20.8 Å². The number of methoxy groups -OCH3 is 1. The van der Waals surface area contributed by atoms with Gasteiger partial charge in [0.25, 0.3) is 11.9 Å². The van der Waals surface area contributed by atoms with Gasteiger partial charge < -0.3 is 29.5 Å². The summed E-state index contributed by atoms with van der Waals surface area (Å²) >= 11 is 6.03. The first-order valence-corrected chi connectivity index (χ1v) is 10.2. The summed E-state index contributed by atoms with van der Waals surface area (Å²) in [7, 11) is 1.57. The number of aromatic amines is 1. The van der Waals surface area contributed by atoms with Crippen LogP contribution in [-0.4, -0.2) is 64.3 Å². The molecule has 0 bridgehead atoms. The number of aryl methyl sites for hydroxylation is 1. The van der Waals surface area contributed by atoms with Crippen molar-refractivity contribution in [3.8, 4) is 0 Å². The number of anilines is 1. The number of hydrogen-bond acceptors (Lipinski definition) is 7. The highest BCUT2D eigenvalue weighted by atomic mass is 35.5. The van der Waals surface area contributed by atoms with Gasteiger partial charge in [-0.2, -0.15) is 4.98 Å². The SMILES string of the molecule is CCc1[nH]c(C(=O)N[C@@H]2CCN(c3nc4cccc(C(=O)O)c4o3)C[C@@H]2OC)nc1Cl. The van der Waals surface area contributed by atoms with Crippen LogP contribution in [-0.2, 0) is 11.2 Å². The number of carboxylic acid groups (broad SMARTS) is 1. The number of halogens is 1. The summed E-state index contributed by atoms with van der Waals surface area (Å²) in [6.07, 6.45) is 0.888. The van der Waals surface area contributed by atoms with E-state index in [2.05, 4.69) is 20.3 Å². The fourth-order valence-electron chi connectivity index (χ4n) is 3.70. The molecular formula is C20H22ClN5O5. The van der Waals surface area contributed by atoms with Gasteiger partial charge in [0.2, 0.25) is 0 Å². The lowest BCUT2D eigenvalue weighted by atomic mass is 10.0. The number of para-hydroxylation sites is 1. The smallest absolute Gasteiger partial charge is 0.339 e. The molecule has 1 amide bonds. The van der Waals surface area contributed by atoms with Crippen molar-refractivity contribution in [3.63, 3.8) is 0 Å². The molecular weight excluding hydrogens is 426 g/mol. The van der Waals surface area contributed by atoms with Crippen LogP contribution >= 0.6 is 11.6 Å². The fraction of sp³-hybridized carbons (Fsp3) is 0.400. The zero-order valence-electron chi connectivity index (χ0n) is 17.0. The molecule has 1 saturated heterocycles. The molecule has 0 spiro atoms. The molecule has 10 nitrogen and oxygen atoms in total. The molecule has 164 valence electrons. The molecule has 0 aliphatic carbocycles. The number of rotatable bonds is 6. The van der Waals surface area contributed by atoms with Crippen LogP contribution in [0.25, 0.3) is 11.1 Å². The second-order valence-electron chi connectivity index (χ2n) is 7.25. The maximum Gasteiger partial charge on any atom is 0.339 e. The molecule has 1 aliphatic rings. The third-order valence-electron chi connectivity index (χ3n) is 5.38. The van der Waals surface area contributed by atoms with Crippen molar-refractivity contribution in [1.29, 1.82) is 0 Å². The number of carboxylic acids is 1. The number of ether oxygens (including phenoxy) is 1. The number of nitrogens with one attached hydrogen (secondary N) is 2. The number of piperidine rings is 1. The number of benzene rings is 1. The van der Waals surface area contributed by atoms with Crippen molar-refractivity contribution in [2.45, 2.75) is 31.9 Å². The van der Waals surface area contributed by atoms with Gasteiger partial charge in [0.05, 0.1) is 24.4 Å². The Kier molecular flexibility index (Phi) is 5.84. The molecule has 3 heterocycles. The molecule has 31 heavy (non-hydrogen) atoms. The number of fused-ring (bicyclic) bond motifs is 1. The summed E-state index contributed by atoms with van der Waals surface area (Å²) in [5, 5.41) is 12.6. The number of aromatic nitrogens is 3. The lowest BCUT2D eigenvalue weighted by molar-refractivity contribution is 0.0530. The van der Waals surface area contributed by atoms with Gasteiger partial charge in [0.1, 0.15) is 11.1 Å². The second-order valence-corrected chi connectivity index (χ2v) is 7.61. The Morgan fingerprint density at radius 1 is 1.42 bits per heavy atom. The van der Waals surface area contributed by atoms with Gasteiger partial charge in [-0.05, 0) is 25.0 Å². The van der Waals surface area contributed by atoms with Gasteiger partial charge in [0, 0.05) is 13.7 Å². The van der Waals surface area contributed by atoms with Gasteiger partial charge in [-0.3, -0.25) is 4.79 Å². The van der Waals surface area contributed by atoms with E-state index in [1.165, 1.54) is 6.07 Å². The third-order valence-corrected chi connectivity index (χ3v) is 5.69. The van der Waals surface area contributed by atoms with Crippen LogP contribution in [0.4, 0.5) is 6.01 Å². The van der Waals surface area contributed by atoms with E-state index in [0.717, 1.165) is 0 Å². The number of H-pyrrole nitrogens is 1. The van der Waals surface area contributed by atoms with E-state index in [-0.39, 0.29) is 35.0 Å². The summed E-state index contributed by atoms with van der Waals surface area (Å²) in [5.74, 6) is -1.26. The summed E-state index contributed by atoms with van der Waals surface area (Å²) < 4.78 is 11.4. The number of carbonyl (C=O) groups is 2. The predicted octanol–water partition coefficient (Wildman–Crippen LogP) is 2.49. The normalized spacial score (nSPS) is 19.0. The highest BCUT2D eigenvalue weighted by Crippen LogP contribution is 2.28. The van der Waals surface area contributed by atoms with Crippen LogP contribution < -0.4 is 10.2 Å². The third kappa shape index (κ3) is 4.08. The number of carbonyl (C=O) groups excluding carboxylic acids is 1. The first-order valence-electron chi connectivity index (χ1n) is 9.87. The number of amides is 1. The van der Waals surface area contributed by atoms with Crippen LogP contribution in [0.2, 0.25) is 5.15 Å². The van der Waals surface area contributed by atoms with Crippen molar-refractivity contribution in [2.24, 2.45) is 0 Å². The lowest BCUT2D eigenvalue weighted by Gasteiger charge is -2.37. The molecule has 0 saturated carbocycles. The molecule has 1 aromatic carbocycles. The van der Waals surface area contributed by atoms with Crippen molar-refractivity contribution in [1.82, 2.24) is 20.3 Å². The standard InChI is InChI=1S/C20H22ClN5O5/c1-3-11-16(21)25-17(22-11)18(27)23-12-7-8-26(9-14(12)30-2)20-24-13-6-4-5-10(19(28)29)15(13)31-20/h4-6,12,14H,3,7-9H2,1-2H3,(H,22,25)(H,23,27)(H,28,29)/t12-,14+/m1/s1. The van der Waals surface area contributed by atoms with Crippen molar-refractivity contribution < 1.29 is 23.8 Å². The number of oxazole rings is 1. The van der Waals surface area contributed by atoms with Gasteiger partial charge in [0.15, 0.2) is 16.6 Å². The van der Waals surface area contributed by atoms with Crippen molar-refractivity contribution in [3.05, 3.63) is 40.4 Å². The monoisotopic (exact) mass is 447 g/mol. The summed E-state index contributed by atoms with van der Waals surface area (Å²) in [6.45, 7) is 2.87. The maximum atomic E-state index is 12.6. The van der Waals surface area contributed by atoms with E-state index in [9.17, 15) is 14.7 Å². The number of hydrogen-bond donors (Lipinski definition) is 3. The molecule has 4 rings (SSSR count). The molecule has 3 N–H and O–H groups in total. The summed E-state index contributed by atoms with van der Waals surface area (Å²) in [5.41, 5.74) is 1.48. The van der Waals surface area contributed by atoms with Gasteiger partial charge in [-0.1, -0.05) is 24.6 Å². The Balaban J connectivity index is 1.48. The van der Waals surface area contributed by atoms with E-state index in [1.807, 2.05) is 11.8 Å². The minimum atomic E-state index is -1.08. The molecule has 11 heteroatoms. The van der Waals surface area contributed by atoms with Gasteiger partial charge >= 0.3 is 5.97 Å². The highest BCUT2D eigenvalue weighted by Gasteiger charge is 2.33. The Hall–Kier alpha value is -3.11. The van der Waals surface area contributed by atoms with Crippen LogP contribution in [0.15, 0.2) is 22.6 Å². The minimum Gasteiger partial charge on any atom is -0.478 e. The zero-order chi connectivity index (χ0) is 22.1. The average Bonchev–Trinajstić information content (AvgIpc) is 3.36.